The molecule has 1 saturated heterocycles. The zero-order chi connectivity index (χ0) is 18.1. The highest BCUT2D eigenvalue weighted by Gasteiger charge is 2.33. The number of carbonyl (C=O) groups excluding carboxylic acids is 1. The van der Waals surface area contributed by atoms with E-state index in [0.29, 0.717) is 21.4 Å². The molecule has 128 valence electrons. The quantitative estimate of drug-likeness (QED) is 0.620. The first kappa shape index (κ1) is 17.7. The maximum absolute atomic E-state index is 12.3. The number of benzene rings is 1. The van der Waals surface area contributed by atoms with Gasteiger partial charge in [0.25, 0.3) is 5.91 Å². The van der Waals surface area contributed by atoms with Gasteiger partial charge in [-0.2, -0.15) is 0 Å². The van der Waals surface area contributed by atoms with E-state index < -0.39 is 18.4 Å². The van der Waals surface area contributed by atoms with Crippen LogP contribution in [0.3, 0.4) is 0 Å². The minimum atomic E-state index is -1.12. The predicted molar refractivity (Wildman–Crippen MR) is 101 cm³/mol. The average Bonchev–Trinajstić information content (AvgIpc) is 3.10. The third kappa shape index (κ3) is 3.78. The van der Waals surface area contributed by atoms with E-state index in [1.165, 1.54) is 0 Å². The number of carboxylic acid groups (broad SMARTS) is 1. The zero-order valence-electron chi connectivity index (χ0n) is 13.0. The number of rotatable bonds is 4. The molecule has 0 saturated carbocycles. The number of halogens is 1. The summed E-state index contributed by atoms with van der Waals surface area (Å²) < 4.78 is 6.01. The molecule has 25 heavy (non-hydrogen) atoms. The van der Waals surface area contributed by atoms with Crippen LogP contribution in [0.1, 0.15) is 11.3 Å². The lowest BCUT2D eigenvalue weighted by atomic mass is 10.1. The van der Waals surface area contributed by atoms with Gasteiger partial charge >= 0.3 is 5.97 Å². The molecule has 0 bridgehead atoms. The van der Waals surface area contributed by atoms with Gasteiger partial charge in [-0.1, -0.05) is 41.6 Å². The zero-order valence-corrected chi connectivity index (χ0v) is 15.4. The standard InChI is InChI=1S/C17H12ClNO4S2/c1-9-2-3-10(18)6-12(9)13-5-4-11(23-13)7-14-16(22)19(8-15(20)21)17(24)25-14/h2-7H,8H2,1H3,(H,20,21)/b14-7-. The van der Waals surface area contributed by atoms with E-state index >= 15 is 0 Å². The second-order valence-corrected chi connectivity index (χ2v) is 7.44. The molecule has 5 nitrogen and oxygen atoms in total. The van der Waals surface area contributed by atoms with Crippen LogP contribution in [0.4, 0.5) is 0 Å². The van der Waals surface area contributed by atoms with Crippen molar-refractivity contribution in [3.8, 4) is 11.3 Å². The summed E-state index contributed by atoms with van der Waals surface area (Å²) in [6.07, 6.45) is 1.56. The molecule has 2 heterocycles. The maximum Gasteiger partial charge on any atom is 0.323 e. The second-order valence-electron chi connectivity index (χ2n) is 5.32. The fraction of sp³-hybridized carbons (Fsp3) is 0.118. The summed E-state index contributed by atoms with van der Waals surface area (Å²) in [5, 5.41) is 9.46. The Morgan fingerprint density at radius 2 is 2.16 bits per heavy atom. The highest BCUT2D eigenvalue weighted by atomic mass is 35.5. The lowest BCUT2D eigenvalue weighted by Crippen LogP contribution is -2.33. The molecule has 0 atom stereocenters. The first-order chi connectivity index (χ1) is 11.8. The maximum atomic E-state index is 12.3. The van der Waals surface area contributed by atoms with Gasteiger partial charge in [-0.05, 0) is 36.8 Å². The van der Waals surface area contributed by atoms with Crippen LogP contribution >= 0.6 is 35.6 Å². The van der Waals surface area contributed by atoms with Crippen LogP contribution in [0.25, 0.3) is 17.4 Å². The van der Waals surface area contributed by atoms with Crippen molar-refractivity contribution in [1.29, 1.82) is 0 Å². The van der Waals surface area contributed by atoms with Gasteiger partial charge in [0, 0.05) is 16.7 Å². The molecular weight excluding hydrogens is 382 g/mol. The number of furan rings is 1. The van der Waals surface area contributed by atoms with Crippen LogP contribution in [0.15, 0.2) is 39.7 Å². The molecule has 0 radical (unpaired) electrons. The highest BCUT2D eigenvalue weighted by Crippen LogP contribution is 2.34. The summed E-state index contributed by atoms with van der Waals surface area (Å²) in [6.45, 7) is 1.50. The SMILES string of the molecule is Cc1ccc(Cl)cc1-c1ccc(/C=C2\SC(=S)N(CC(=O)O)C2=O)o1. The summed E-state index contributed by atoms with van der Waals surface area (Å²) in [5.41, 5.74) is 1.88. The molecule has 2 aromatic rings. The fourth-order valence-electron chi connectivity index (χ4n) is 2.34. The number of amides is 1. The molecule has 1 aromatic heterocycles. The van der Waals surface area contributed by atoms with Crippen LogP contribution < -0.4 is 0 Å². The molecule has 1 aliphatic heterocycles. The van der Waals surface area contributed by atoms with Gasteiger partial charge in [0.15, 0.2) is 0 Å². The Morgan fingerprint density at radius 1 is 1.40 bits per heavy atom. The monoisotopic (exact) mass is 393 g/mol. The lowest BCUT2D eigenvalue weighted by Gasteiger charge is -2.09. The summed E-state index contributed by atoms with van der Waals surface area (Å²) in [4.78, 5) is 24.5. The molecule has 1 amide bonds. The molecule has 1 N–H and O–H groups in total. The summed E-state index contributed by atoms with van der Waals surface area (Å²) in [5.74, 6) is -0.444. The van der Waals surface area contributed by atoms with Gasteiger partial charge in [-0.3, -0.25) is 14.5 Å². The fourth-order valence-corrected chi connectivity index (χ4v) is 3.74. The molecule has 0 spiro atoms. The van der Waals surface area contributed by atoms with Crippen molar-refractivity contribution in [2.45, 2.75) is 6.92 Å². The number of carboxylic acids is 1. The van der Waals surface area contributed by atoms with Crippen molar-refractivity contribution in [3.63, 3.8) is 0 Å². The molecule has 0 aliphatic carbocycles. The van der Waals surface area contributed by atoms with Crippen molar-refractivity contribution in [3.05, 3.63) is 51.6 Å². The van der Waals surface area contributed by atoms with Crippen LogP contribution in [-0.2, 0) is 9.59 Å². The largest absolute Gasteiger partial charge is 0.480 e. The van der Waals surface area contributed by atoms with E-state index in [4.69, 9.17) is 33.3 Å². The summed E-state index contributed by atoms with van der Waals surface area (Å²) >= 11 is 12.1. The Labute approximate surface area is 158 Å². The van der Waals surface area contributed by atoms with Gasteiger partial charge in [0.2, 0.25) is 0 Å². The van der Waals surface area contributed by atoms with E-state index in [9.17, 15) is 9.59 Å². The number of aryl methyl sites for hydroxylation is 1. The van der Waals surface area contributed by atoms with Crippen LogP contribution in [0.2, 0.25) is 5.02 Å². The minimum Gasteiger partial charge on any atom is -0.480 e. The van der Waals surface area contributed by atoms with E-state index in [1.807, 2.05) is 19.1 Å². The second kappa shape index (κ2) is 7.03. The molecule has 1 fully saturated rings. The van der Waals surface area contributed by atoms with E-state index in [-0.39, 0.29) is 4.32 Å². The Bertz CT molecular complexity index is 919. The molecule has 1 aromatic carbocycles. The van der Waals surface area contributed by atoms with Gasteiger partial charge in [0.05, 0.1) is 4.91 Å². The van der Waals surface area contributed by atoms with Crippen molar-refractivity contribution in [2.75, 3.05) is 6.54 Å². The van der Waals surface area contributed by atoms with E-state index in [2.05, 4.69) is 0 Å². The van der Waals surface area contributed by atoms with Crippen molar-refractivity contribution >= 4 is 57.9 Å². The minimum absolute atomic E-state index is 0.219. The lowest BCUT2D eigenvalue weighted by molar-refractivity contribution is -0.140. The Hall–Kier alpha value is -2.09. The number of hydrogen-bond acceptors (Lipinski definition) is 5. The van der Waals surface area contributed by atoms with Gasteiger partial charge < -0.3 is 9.52 Å². The number of thioether (sulfide) groups is 1. The topological polar surface area (TPSA) is 70.8 Å². The first-order valence-corrected chi connectivity index (χ1v) is 8.79. The number of nitrogens with zero attached hydrogens (tertiary/aromatic N) is 1. The average molecular weight is 394 g/mol. The van der Waals surface area contributed by atoms with Gasteiger partial charge in [0.1, 0.15) is 22.4 Å². The smallest absolute Gasteiger partial charge is 0.323 e. The Morgan fingerprint density at radius 3 is 2.88 bits per heavy atom. The molecule has 0 unspecified atom stereocenters. The van der Waals surface area contributed by atoms with Crippen molar-refractivity contribution in [2.24, 2.45) is 0 Å². The molecule has 1 aliphatic rings. The summed E-state index contributed by atoms with van der Waals surface area (Å²) in [7, 11) is 0. The molecular formula is C17H12ClNO4S2. The Kier molecular flexibility index (Phi) is 4.99. The number of carbonyl (C=O) groups is 2. The first-order valence-electron chi connectivity index (χ1n) is 7.18. The van der Waals surface area contributed by atoms with Crippen LogP contribution in [0, 0.1) is 6.92 Å². The van der Waals surface area contributed by atoms with Crippen molar-refractivity contribution < 1.29 is 19.1 Å². The number of thiocarbonyl (C=S) groups is 1. The summed E-state index contributed by atoms with van der Waals surface area (Å²) in [6, 6.07) is 9.04. The van der Waals surface area contributed by atoms with Gasteiger partial charge in [-0.25, -0.2) is 0 Å². The third-order valence-electron chi connectivity index (χ3n) is 3.53. The molecule has 3 rings (SSSR count). The van der Waals surface area contributed by atoms with E-state index in [1.54, 1.807) is 24.3 Å². The van der Waals surface area contributed by atoms with Crippen LogP contribution in [0.5, 0.6) is 0 Å². The number of aliphatic carboxylic acids is 1. The van der Waals surface area contributed by atoms with Gasteiger partial charge in [-0.15, -0.1) is 0 Å². The van der Waals surface area contributed by atoms with E-state index in [0.717, 1.165) is 27.8 Å². The predicted octanol–water partition coefficient (Wildman–Crippen LogP) is 4.19. The third-order valence-corrected chi connectivity index (χ3v) is 5.15. The van der Waals surface area contributed by atoms with Crippen molar-refractivity contribution in [1.82, 2.24) is 4.90 Å². The normalized spacial score (nSPS) is 16.1. The molecule has 8 heteroatoms. The Balaban J connectivity index is 1.87. The number of hydrogen-bond donors (Lipinski definition) is 1. The highest BCUT2D eigenvalue weighted by molar-refractivity contribution is 8.26. The van der Waals surface area contributed by atoms with Crippen LogP contribution in [-0.4, -0.2) is 32.7 Å².